The highest BCUT2D eigenvalue weighted by atomic mass is 32.2. The number of allylic oxidation sites excluding steroid dienone is 1. The van der Waals surface area contributed by atoms with E-state index < -0.39 is 0 Å². The Morgan fingerprint density at radius 3 is 2.95 bits per heavy atom. The molecule has 0 atom stereocenters. The average Bonchev–Trinajstić information content (AvgIpc) is 3.03. The monoisotopic (exact) mass is 308 g/mol. The highest BCUT2D eigenvalue weighted by molar-refractivity contribution is 7.98. The summed E-state index contributed by atoms with van der Waals surface area (Å²) >= 11 is 3.00. The van der Waals surface area contributed by atoms with Crippen LogP contribution in [0.15, 0.2) is 29.9 Å². The fourth-order valence-corrected chi connectivity index (χ4v) is 3.02. The molecule has 2 aromatic heterocycles. The first-order chi connectivity index (χ1) is 9.65. The largest absolute Gasteiger partial charge is 0.344 e. The number of nitrogens with zero attached hydrogens (tertiary/aromatic N) is 3. The molecule has 106 valence electrons. The van der Waals surface area contributed by atoms with E-state index in [1.807, 2.05) is 29.9 Å². The minimum Gasteiger partial charge on any atom is -0.344 e. The van der Waals surface area contributed by atoms with E-state index in [0.717, 1.165) is 15.9 Å². The van der Waals surface area contributed by atoms with Crippen molar-refractivity contribution in [3.8, 4) is 0 Å². The van der Waals surface area contributed by atoms with E-state index in [1.165, 1.54) is 23.1 Å². The van der Waals surface area contributed by atoms with Crippen molar-refractivity contribution in [3.63, 3.8) is 0 Å². The molecule has 0 saturated heterocycles. The molecule has 0 radical (unpaired) electrons. The topological polar surface area (TPSA) is 59.8 Å². The van der Waals surface area contributed by atoms with E-state index in [0.29, 0.717) is 18.0 Å². The van der Waals surface area contributed by atoms with E-state index in [-0.39, 0.29) is 5.91 Å². The number of amides is 1. The molecule has 0 unspecified atom stereocenters. The van der Waals surface area contributed by atoms with Gasteiger partial charge < -0.3 is 9.88 Å². The number of nitrogens with one attached hydrogen (secondary N) is 1. The molecule has 20 heavy (non-hydrogen) atoms. The van der Waals surface area contributed by atoms with Crippen molar-refractivity contribution in [1.82, 2.24) is 20.1 Å². The first kappa shape index (κ1) is 14.8. The molecule has 1 amide bonds. The van der Waals surface area contributed by atoms with Gasteiger partial charge in [0, 0.05) is 11.4 Å². The molecule has 7 heteroatoms. The van der Waals surface area contributed by atoms with E-state index >= 15 is 0 Å². The van der Waals surface area contributed by atoms with Gasteiger partial charge >= 0.3 is 0 Å². The molecule has 0 fully saturated rings. The second kappa shape index (κ2) is 6.71. The number of thiophene rings is 1. The lowest BCUT2D eigenvalue weighted by molar-refractivity contribution is 0.0953. The SMILES string of the molecule is C=CCn1c(CNC(=O)c2ccc(C)s2)nnc1SC. The molecule has 0 bridgehead atoms. The Morgan fingerprint density at radius 2 is 2.35 bits per heavy atom. The number of aromatic nitrogens is 3. The van der Waals surface area contributed by atoms with E-state index in [2.05, 4.69) is 22.1 Å². The molecule has 2 rings (SSSR count). The summed E-state index contributed by atoms with van der Waals surface area (Å²) in [6.07, 6.45) is 3.73. The summed E-state index contributed by atoms with van der Waals surface area (Å²) in [5.41, 5.74) is 0. The Morgan fingerprint density at radius 1 is 1.55 bits per heavy atom. The third-order valence-corrected chi connectivity index (χ3v) is 4.33. The maximum absolute atomic E-state index is 12.0. The van der Waals surface area contributed by atoms with Crippen LogP contribution in [0.25, 0.3) is 0 Å². The third-order valence-electron chi connectivity index (χ3n) is 2.66. The average molecular weight is 308 g/mol. The van der Waals surface area contributed by atoms with Crippen LogP contribution >= 0.6 is 23.1 Å². The Kier molecular flexibility index (Phi) is 4.97. The predicted octanol–water partition coefficient (Wildman–Crippen LogP) is 2.49. The second-order valence-corrected chi connectivity index (χ2v) is 6.16. The van der Waals surface area contributed by atoms with Gasteiger partial charge in [-0.2, -0.15) is 0 Å². The third kappa shape index (κ3) is 3.29. The number of hydrogen-bond donors (Lipinski definition) is 1. The molecule has 1 N–H and O–H groups in total. The van der Waals surface area contributed by atoms with Crippen LogP contribution in [0.3, 0.4) is 0 Å². The van der Waals surface area contributed by atoms with Gasteiger partial charge in [0.25, 0.3) is 5.91 Å². The molecule has 0 aliphatic carbocycles. The Labute approximate surface area is 126 Å². The van der Waals surface area contributed by atoms with E-state index in [9.17, 15) is 4.79 Å². The summed E-state index contributed by atoms with van der Waals surface area (Å²) in [6, 6.07) is 3.77. The number of aryl methyl sites for hydroxylation is 1. The van der Waals surface area contributed by atoms with E-state index in [1.54, 1.807) is 6.08 Å². The van der Waals surface area contributed by atoms with Gasteiger partial charge in [-0.1, -0.05) is 17.8 Å². The first-order valence-corrected chi connectivity index (χ1v) is 8.11. The Hall–Kier alpha value is -1.60. The van der Waals surface area contributed by atoms with Crippen molar-refractivity contribution in [1.29, 1.82) is 0 Å². The molecular formula is C13H16N4OS2. The zero-order valence-corrected chi connectivity index (χ0v) is 13.1. The van der Waals surface area contributed by atoms with Gasteiger partial charge in [0.15, 0.2) is 11.0 Å². The fourth-order valence-electron chi connectivity index (χ4n) is 1.72. The lowest BCUT2D eigenvalue weighted by atomic mass is 10.4. The number of carbonyl (C=O) groups is 1. The van der Waals surface area contributed by atoms with Crippen LogP contribution in [0.4, 0.5) is 0 Å². The van der Waals surface area contributed by atoms with Crippen LogP contribution in [0.1, 0.15) is 20.4 Å². The highest BCUT2D eigenvalue weighted by Gasteiger charge is 2.13. The molecule has 2 heterocycles. The minimum atomic E-state index is -0.0815. The second-order valence-electron chi connectivity index (χ2n) is 4.10. The quantitative estimate of drug-likeness (QED) is 0.658. The summed E-state index contributed by atoms with van der Waals surface area (Å²) in [5.74, 6) is 0.651. The summed E-state index contributed by atoms with van der Waals surface area (Å²) in [4.78, 5) is 13.8. The van der Waals surface area contributed by atoms with Crippen LogP contribution in [0.2, 0.25) is 0 Å². The van der Waals surface area contributed by atoms with Crippen molar-refractivity contribution >= 4 is 29.0 Å². The molecule has 2 aromatic rings. The van der Waals surface area contributed by atoms with Gasteiger partial charge in [-0.15, -0.1) is 28.1 Å². The lowest BCUT2D eigenvalue weighted by Crippen LogP contribution is -2.24. The number of carbonyl (C=O) groups excluding carboxylic acids is 1. The van der Waals surface area contributed by atoms with Crippen molar-refractivity contribution in [2.24, 2.45) is 0 Å². The normalized spacial score (nSPS) is 10.5. The van der Waals surface area contributed by atoms with Crippen molar-refractivity contribution in [3.05, 3.63) is 40.4 Å². The van der Waals surface area contributed by atoms with Crippen molar-refractivity contribution in [2.75, 3.05) is 6.26 Å². The van der Waals surface area contributed by atoms with Crippen LogP contribution < -0.4 is 5.32 Å². The van der Waals surface area contributed by atoms with Crippen molar-refractivity contribution in [2.45, 2.75) is 25.2 Å². The maximum atomic E-state index is 12.0. The molecular weight excluding hydrogens is 292 g/mol. The Bertz CT molecular complexity index is 618. The van der Waals surface area contributed by atoms with Gasteiger partial charge in [0.05, 0.1) is 11.4 Å². The number of rotatable bonds is 6. The van der Waals surface area contributed by atoms with Crippen LogP contribution in [0.5, 0.6) is 0 Å². The minimum absolute atomic E-state index is 0.0815. The molecule has 0 spiro atoms. The first-order valence-electron chi connectivity index (χ1n) is 6.07. The summed E-state index contributed by atoms with van der Waals surface area (Å²) < 4.78 is 1.94. The smallest absolute Gasteiger partial charge is 0.261 e. The zero-order chi connectivity index (χ0) is 14.5. The van der Waals surface area contributed by atoms with Gasteiger partial charge in [-0.25, -0.2) is 0 Å². The van der Waals surface area contributed by atoms with Gasteiger partial charge in [-0.3, -0.25) is 4.79 Å². The van der Waals surface area contributed by atoms with Crippen molar-refractivity contribution < 1.29 is 4.79 Å². The van der Waals surface area contributed by atoms with Crippen LogP contribution in [0, 0.1) is 6.92 Å². The summed E-state index contributed by atoms with van der Waals surface area (Å²) in [5, 5.41) is 11.9. The van der Waals surface area contributed by atoms with Gasteiger partial charge in [-0.05, 0) is 25.3 Å². The lowest BCUT2D eigenvalue weighted by Gasteiger charge is -2.07. The van der Waals surface area contributed by atoms with Gasteiger partial charge in [0.1, 0.15) is 0 Å². The van der Waals surface area contributed by atoms with Crippen LogP contribution in [-0.2, 0) is 13.1 Å². The molecule has 5 nitrogen and oxygen atoms in total. The number of hydrogen-bond acceptors (Lipinski definition) is 5. The predicted molar refractivity (Wildman–Crippen MR) is 82.2 cm³/mol. The highest BCUT2D eigenvalue weighted by Crippen LogP contribution is 2.16. The maximum Gasteiger partial charge on any atom is 0.261 e. The molecule has 0 aliphatic rings. The number of thioether (sulfide) groups is 1. The van der Waals surface area contributed by atoms with Crippen LogP contribution in [-0.4, -0.2) is 26.9 Å². The van der Waals surface area contributed by atoms with Gasteiger partial charge in [0.2, 0.25) is 0 Å². The molecule has 0 saturated carbocycles. The Balaban J connectivity index is 2.05. The zero-order valence-electron chi connectivity index (χ0n) is 11.4. The summed E-state index contributed by atoms with van der Waals surface area (Å²) in [7, 11) is 0. The standard InChI is InChI=1S/C13H16N4OS2/c1-4-7-17-11(15-16-13(17)19-3)8-14-12(18)10-6-5-9(2)20-10/h4-6H,1,7-8H2,2-3H3,(H,14,18). The van der Waals surface area contributed by atoms with E-state index in [4.69, 9.17) is 0 Å². The molecule has 0 aromatic carbocycles. The molecule has 0 aliphatic heterocycles. The fraction of sp³-hybridized carbons (Fsp3) is 0.308. The summed E-state index contributed by atoms with van der Waals surface area (Å²) in [6.45, 7) is 6.70.